The number of alkyl carbamates (subject to hydrolysis) is 3. The molecule has 1 saturated heterocycles. The lowest BCUT2D eigenvalue weighted by Gasteiger charge is -2.50. The van der Waals surface area contributed by atoms with Gasteiger partial charge in [-0.1, -0.05) is 20.4 Å². The molecule has 5 fully saturated rings. The minimum Gasteiger partial charge on any atom is -0.503 e. The average Bonchev–Trinajstić information content (AvgIpc) is 1.31. The van der Waals surface area contributed by atoms with Gasteiger partial charge < -0.3 is 71.6 Å². The summed E-state index contributed by atoms with van der Waals surface area (Å²) in [6.07, 6.45) is 15.1. The molecular formula is C68H118Cl2F2N11O11P. The summed E-state index contributed by atoms with van der Waals surface area (Å²) in [6.45, 7) is 31.2. The number of pyridine rings is 1. The summed E-state index contributed by atoms with van der Waals surface area (Å²) < 4.78 is 43.7. The number of aromatic nitrogens is 1. The summed E-state index contributed by atoms with van der Waals surface area (Å²) >= 11 is 9.53. The van der Waals surface area contributed by atoms with Crippen LogP contribution in [0.5, 0.6) is 5.75 Å². The van der Waals surface area contributed by atoms with Gasteiger partial charge in [-0.25, -0.2) is 23.2 Å². The highest BCUT2D eigenvalue weighted by atomic mass is 35.5. The first-order valence-corrected chi connectivity index (χ1v) is 34.8. The van der Waals surface area contributed by atoms with Gasteiger partial charge in [-0.3, -0.25) is 19.3 Å². The number of carbonyl (C=O) groups is 6. The molecule has 544 valence electrons. The highest BCUT2D eigenvalue weighted by Crippen LogP contribution is 2.37. The Bertz CT molecular complexity index is 2720. The number of ether oxygens (including phenoxy) is 3. The van der Waals surface area contributed by atoms with Gasteiger partial charge in [0.1, 0.15) is 40.9 Å². The largest absolute Gasteiger partial charge is 0.503 e. The van der Waals surface area contributed by atoms with Crippen LogP contribution in [0.1, 0.15) is 228 Å². The predicted molar refractivity (Wildman–Crippen MR) is 378 cm³/mol. The zero-order chi connectivity index (χ0) is 71.7. The summed E-state index contributed by atoms with van der Waals surface area (Å²) in [4.78, 5) is 86.7. The Balaban J connectivity index is 0.00000121. The molecular weight excluding hydrogens is 1290 g/mol. The van der Waals surface area contributed by atoms with E-state index in [0.29, 0.717) is 37.5 Å². The molecule has 27 heteroatoms. The van der Waals surface area contributed by atoms with Crippen LogP contribution in [0.4, 0.5) is 23.2 Å². The number of hydrogen-bond acceptors (Lipinski definition) is 17. The number of alkyl halides is 2. The molecule has 2 aliphatic heterocycles. The maximum atomic E-state index is 13.9. The third-order valence-corrected chi connectivity index (χ3v) is 13.9. The first kappa shape index (κ1) is 89.8. The molecule has 7 atom stereocenters. The number of ketones is 1. The van der Waals surface area contributed by atoms with E-state index in [1.165, 1.54) is 61.5 Å². The molecule has 4 saturated carbocycles. The minimum atomic E-state index is -0.902. The van der Waals surface area contributed by atoms with E-state index in [1.54, 1.807) is 60.3 Å². The molecule has 6 aliphatic rings. The van der Waals surface area contributed by atoms with Crippen molar-refractivity contribution in [3.8, 4) is 11.8 Å². The number of carbonyl (C=O) groups excluding carboxylic acids is 6. The second-order valence-corrected chi connectivity index (χ2v) is 29.1. The SMILES string of the molecule is C.CCP.C[C@@H](CC#N)NC(=O)OC(C)(C)C.C[C@@H](CC=O)NC(=O)OC(C)(C)C.C[C@@H](CCNC1CC1)NC(=O)OC(C)(C)C.C[C@H](N)CCNC1CC1.C[C@H]1CCN(C2CC2)[C@@H]2Cn3cc(C(=O)CCc4ccc(F)cc4F)c(=O)c(O)c3C(=O)N12.ClCCl.NC1CC1. The molecule has 10 N–H and O–H groups in total. The van der Waals surface area contributed by atoms with Crippen molar-refractivity contribution < 1.29 is 56.9 Å². The zero-order valence-corrected chi connectivity index (χ0v) is 61.2. The summed E-state index contributed by atoms with van der Waals surface area (Å²) in [5, 5.41) is 33.9. The Hall–Kier alpha value is -5.25. The highest BCUT2D eigenvalue weighted by molar-refractivity contribution is 7.16. The van der Waals surface area contributed by atoms with Crippen molar-refractivity contribution in [2.45, 2.75) is 291 Å². The van der Waals surface area contributed by atoms with Crippen LogP contribution in [-0.2, 0) is 32.0 Å². The van der Waals surface area contributed by atoms with E-state index in [9.17, 15) is 47.4 Å². The molecule has 2 aromatic rings. The Kier molecular flexibility index (Phi) is 42.8. The van der Waals surface area contributed by atoms with Gasteiger partial charge in [0.15, 0.2) is 17.2 Å². The monoisotopic (exact) mass is 1400 g/mol. The number of aldehydes is 1. The molecule has 1 unspecified atom stereocenters. The Labute approximate surface area is 578 Å². The second-order valence-electron chi connectivity index (χ2n) is 27.4. The summed E-state index contributed by atoms with van der Waals surface area (Å²) in [5.41, 5.74) is 8.31. The molecule has 3 heterocycles. The number of aromatic hydroxyl groups is 1. The highest BCUT2D eigenvalue weighted by Gasteiger charge is 2.47. The van der Waals surface area contributed by atoms with E-state index in [1.807, 2.05) is 40.7 Å². The molecule has 1 aromatic heterocycles. The van der Waals surface area contributed by atoms with Gasteiger partial charge in [0.05, 0.1) is 29.9 Å². The van der Waals surface area contributed by atoms with Crippen LogP contribution in [0.3, 0.4) is 0 Å². The topological polar surface area (TPSA) is 315 Å². The standard InChI is InChI=1S/C24H25F2N3O4.C12H24N2O2.C9H16N2O2.C9H17NO3.C7H16N2.C3H7N.C2H7P.CH2Cl2.CH4/c1-13-8-9-28(16-5-6-16)20-12-27-11-17(22(31)23(32)21(27)24(33)29(13)20)19(30)7-3-14-2-4-15(25)10-18(14)26;1-9(7-8-13-10-5-6-10)14-11(15)16-12(2,3)4;1-7(5-6-10)11-8(12)13-9(2,3)4;1-7(5-6-11)10-8(12)13-9(2,3)4;1-6(8)4-5-9-7-2-3-7;4-3-1-2-3;1-2-3;2-1-3;/h2,4,10-11,13,16,20,32H,3,5-9,12H2,1H3;9-10,13H,5-8H2,1-4H3,(H,14,15);7H,5H2,1-4H3,(H,11,12);6-7H,5H2,1-4H3,(H,10,12);6-7,9H,2-5,8H2,1H3;3H,1-2,4H2;2-3H2,1H3;1H2;1H4/t13-,20-;9-;2*7-;6-;;;;/m00000..../s1. The van der Waals surface area contributed by atoms with E-state index >= 15 is 0 Å². The molecule has 8 rings (SSSR count). The van der Waals surface area contributed by atoms with Crippen molar-refractivity contribution in [2.24, 2.45) is 11.5 Å². The Morgan fingerprint density at radius 3 is 1.67 bits per heavy atom. The summed E-state index contributed by atoms with van der Waals surface area (Å²) in [5.74, 6) is -3.18. The van der Waals surface area contributed by atoms with Crippen LogP contribution in [0, 0.1) is 23.0 Å². The first-order chi connectivity index (χ1) is 43.8. The van der Waals surface area contributed by atoms with Crippen LogP contribution in [0.15, 0.2) is 29.2 Å². The van der Waals surface area contributed by atoms with Crippen molar-refractivity contribution >= 4 is 68.7 Å². The summed E-state index contributed by atoms with van der Waals surface area (Å²) in [7, 11) is 2.58. The first-order valence-electron chi connectivity index (χ1n) is 32.9. The smallest absolute Gasteiger partial charge is 0.407 e. The number of Topliss-reactive ketones (excluding diaryl/α,β-unsaturated/α-hetero) is 1. The number of amides is 4. The number of nitrogens with zero attached hydrogens (tertiary/aromatic N) is 4. The third-order valence-electron chi connectivity index (χ3n) is 13.9. The number of aryl methyl sites for hydroxylation is 1. The van der Waals surface area contributed by atoms with Gasteiger partial charge in [-0.05, 0) is 205 Å². The Morgan fingerprint density at radius 1 is 0.800 bits per heavy atom. The predicted octanol–water partition coefficient (Wildman–Crippen LogP) is 11.6. The van der Waals surface area contributed by atoms with E-state index in [0.717, 1.165) is 82.2 Å². The van der Waals surface area contributed by atoms with Crippen LogP contribution >= 0.6 is 32.4 Å². The molecule has 4 aliphatic carbocycles. The lowest BCUT2D eigenvalue weighted by molar-refractivity contribution is -0.108. The normalized spacial score (nSPS) is 18.1. The number of benzene rings is 1. The van der Waals surface area contributed by atoms with E-state index in [4.69, 9.17) is 54.1 Å². The van der Waals surface area contributed by atoms with Crippen molar-refractivity contribution in [2.75, 3.05) is 31.1 Å². The van der Waals surface area contributed by atoms with Crippen LogP contribution in [-0.4, -0.2) is 164 Å². The van der Waals surface area contributed by atoms with Crippen molar-refractivity contribution in [1.29, 1.82) is 5.26 Å². The number of nitrogens with one attached hydrogen (secondary N) is 5. The maximum absolute atomic E-state index is 13.9. The fraction of sp³-hybridized carbons (Fsp3) is 0.735. The molecule has 0 radical (unpaired) electrons. The van der Waals surface area contributed by atoms with E-state index in [-0.39, 0.29) is 78.9 Å². The van der Waals surface area contributed by atoms with Crippen LogP contribution in [0.2, 0.25) is 0 Å². The number of halogens is 4. The minimum absolute atomic E-state index is 0. The number of rotatable bonds is 19. The van der Waals surface area contributed by atoms with Crippen molar-refractivity contribution in [3.63, 3.8) is 0 Å². The van der Waals surface area contributed by atoms with Gasteiger partial charge in [0.25, 0.3) is 5.91 Å². The summed E-state index contributed by atoms with van der Waals surface area (Å²) in [6, 6.07) is 7.81. The number of nitrogens with two attached hydrogens (primary N) is 2. The molecule has 1 aromatic carbocycles. The van der Waals surface area contributed by atoms with E-state index < -0.39 is 63.5 Å². The van der Waals surface area contributed by atoms with Crippen LogP contribution in [0.25, 0.3) is 0 Å². The molecule has 0 spiro atoms. The maximum Gasteiger partial charge on any atom is 0.407 e. The van der Waals surface area contributed by atoms with Gasteiger partial charge >= 0.3 is 18.3 Å². The quantitative estimate of drug-likeness (QED) is 0.0213. The number of hydrogen-bond donors (Lipinski definition) is 8. The van der Waals surface area contributed by atoms with Crippen molar-refractivity contribution in [3.05, 3.63) is 63.1 Å². The Morgan fingerprint density at radius 2 is 1.26 bits per heavy atom. The fourth-order valence-electron chi connectivity index (χ4n) is 8.74. The average molecular weight is 1410 g/mol. The lowest BCUT2D eigenvalue weighted by atomic mass is 10.00. The molecule has 4 amide bonds. The molecule has 22 nitrogen and oxygen atoms in total. The third kappa shape index (κ3) is 41.6. The van der Waals surface area contributed by atoms with Gasteiger partial charge in [0.2, 0.25) is 5.43 Å². The van der Waals surface area contributed by atoms with Crippen LogP contribution < -0.4 is 43.5 Å². The molecule has 0 bridgehead atoms. The fourth-order valence-corrected chi connectivity index (χ4v) is 8.74. The van der Waals surface area contributed by atoms with Crippen molar-refractivity contribution in [1.82, 2.24) is 41.0 Å². The lowest BCUT2D eigenvalue weighted by Crippen LogP contribution is -2.64. The number of fused-ring (bicyclic) bond motifs is 2. The van der Waals surface area contributed by atoms with Gasteiger partial charge in [-0.2, -0.15) is 5.26 Å². The number of nitriles is 1. The molecule has 95 heavy (non-hydrogen) atoms. The van der Waals surface area contributed by atoms with E-state index in [2.05, 4.69) is 54.6 Å². The zero-order valence-electron chi connectivity index (χ0n) is 58.6. The van der Waals surface area contributed by atoms with Gasteiger partial charge in [-0.15, -0.1) is 32.4 Å². The second kappa shape index (κ2) is 45.4. The van der Waals surface area contributed by atoms with Gasteiger partial charge in [0, 0.05) is 86.0 Å².